The standard InChI is InChI=1S/C11H22N2O4/c1-4-9(8-10(14)15)12-11(16)13(2)6-5-7-17-3/h9H,4-8H2,1-3H3,(H,12,16)(H,14,15). The minimum atomic E-state index is -0.904. The van der Waals surface area contributed by atoms with Crippen molar-refractivity contribution in [1.29, 1.82) is 0 Å². The second-order valence-corrected chi connectivity index (χ2v) is 3.92. The fraction of sp³-hybridized carbons (Fsp3) is 0.818. The first-order chi connectivity index (χ1) is 8.01. The zero-order valence-electron chi connectivity index (χ0n) is 10.7. The van der Waals surface area contributed by atoms with Crippen molar-refractivity contribution in [3.05, 3.63) is 0 Å². The van der Waals surface area contributed by atoms with Crippen molar-refractivity contribution >= 4 is 12.0 Å². The zero-order chi connectivity index (χ0) is 13.3. The van der Waals surface area contributed by atoms with Gasteiger partial charge in [-0.05, 0) is 12.8 Å². The summed E-state index contributed by atoms with van der Waals surface area (Å²) in [6.45, 7) is 3.03. The topological polar surface area (TPSA) is 78.9 Å². The Kier molecular flexibility index (Phi) is 8.13. The quantitative estimate of drug-likeness (QED) is 0.624. The van der Waals surface area contributed by atoms with Crippen LogP contribution in [0.25, 0.3) is 0 Å². The van der Waals surface area contributed by atoms with Gasteiger partial charge >= 0.3 is 12.0 Å². The van der Waals surface area contributed by atoms with Gasteiger partial charge in [0.05, 0.1) is 6.42 Å². The van der Waals surface area contributed by atoms with Crippen molar-refractivity contribution in [3.8, 4) is 0 Å². The van der Waals surface area contributed by atoms with Crippen LogP contribution in [0.15, 0.2) is 0 Å². The first kappa shape index (κ1) is 15.7. The van der Waals surface area contributed by atoms with E-state index in [0.717, 1.165) is 6.42 Å². The Balaban J connectivity index is 3.98. The van der Waals surface area contributed by atoms with E-state index in [2.05, 4.69) is 5.32 Å². The number of carbonyl (C=O) groups excluding carboxylic acids is 1. The van der Waals surface area contributed by atoms with Crippen LogP contribution in [-0.2, 0) is 9.53 Å². The van der Waals surface area contributed by atoms with Crippen LogP contribution in [0.3, 0.4) is 0 Å². The Bertz CT molecular complexity index is 246. The molecule has 6 nitrogen and oxygen atoms in total. The molecule has 0 saturated carbocycles. The minimum Gasteiger partial charge on any atom is -0.481 e. The Labute approximate surface area is 102 Å². The predicted molar refractivity (Wildman–Crippen MR) is 64.0 cm³/mol. The SMILES string of the molecule is CCC(CC(=O)O)NC(=O)N(C)CCCOC. The van der Waals surface area contributed by atoms with Gasteiger partial charge in [0.25, 0.3) is 0 Å². The van der Waals surface area contributed by atoms with Crippen molar-refractivity contribution in [3.63, 3.8) is 0 Å². The monoisotopic (exact) mass is 246 g/mol. The van der Waals surface area contributed by atoms with E-state index in [-0.39, 0.29) is 18.5 Å². The molecule has 0 spiro atoms. The number of ether oxygens (including phenoxy) is 1. The molecular formula is C11H22N2O4. The van der Waals surface area contributed by atoms with E-state index in [0.29, 0.717) is 19.6 Å². The average Bonchev–Trinajstić information content (AvgIpc) is 2.27. The number of rotatable bonds is 8. The molecule has 0 fully saturated rings. The second kappa shape index (κ2) is 8.81. The Morgan fingerprint density at radius 3 is 2.59 bits per heavy atom. The van der Waals surface area contributed by atoms with Gasteiger partial charge in [0.2, 0.25) is 0 Å². The number of nitrogens with zero attached hydrogens (tertiary/aromatic N) is 1. The van der Waals surface area contributed by atoms with Crippen LogP contribution in [0.5, 0.6) is 0 Å². The summed E-state index contributed by atoms with van der Waals surface area (Å²) >= 11 is 0. The van der Waals surface area contributed by atoms with Crippen LogP contribution in [0.1, 0.15) is 26.2 Å². The van der Waals surface area contributed by atoms with E-state index in [9.17, 15) is 9.59 Å². The van der Waals surface area contributed by atoms with Gasteiger partial charge in [0, 0.05) is 33.4 Å². The van der Waals surface area contributed by atoms with Crippen molar-refractivity contribution in [2.45, 2.75) is 32.2 Å². The van der Waals surface area contributed by atoms with Gasteiger partial charge in [0.15, 0.2) is 0 Å². The molecule has 2 N–H and O–H groups in total. The van der Waals surface area contributed by atoms with E-state index in [1.165, 1.54) is 4.90 Å². The summed E-state index contributed by atoms with van der Waals surface area (Å²) in [7, 11) is 3.29. The molecule has 100 valence electrons. The third-order valence-corrected chi connectivity index (χ3v) is 2.43. The highest BCUT2D eigenvalue weighted by Crippen LogP contribution is 1.99. The molecule has 0 radical (unpaired) electrons. The first-order valence-electron chi connectivity index (χ1n) is 5.73. The lowest BCUT2D eigenvalue weighted by atomic mass is 10.1. The van der Waals surface area contributed by atoms with Gasteiger partial charge in [-0.1, -0.05) is 6.92 Å². The molecule has 2 amide bonds. The Morgan fingerprint density at radius 1 is 1.47 bits per heavy atom. The molecule has 0 aromatic rings. The number of urea groups is 1. The van der Waals surface area contributed by atoms with Crippen LogP contribution < -0.4 is 5.32 Å². The number of hydrogen-bond acceptors (Lipinski definition) is 3. The van der Waals surface area contributed by atoms with E-state index in [1.54, 1.807) is 14.2 Å². The highest BCUT2D eigenvalue weighted by atomic mass is 16.5. The fourth-order valence-corrected chi connectivity index (χ4v) is 1.34. The summed E-state index contributed by atoms with van der Waals surface area (Å²) in [4.78, 5) is 23.7. The third-order valence-electron chi connectivity index (χ3n) is 2.43. The molecule has 0 heterocycles. The highest BCUT2D eigenvalue weighted by molar-refractivity contribution is 5.75. The molecule has 0 aliphatic rings. The number of aliphatic carboxylic acids is 1. The molecule has 0 bridgehead atoms. The zero-order valence-corrected chi connectivity index (χ0v) is 10.7. The lowest BCUT2D eigenvalue weighted by Crippen LogP contribution is -2.44. The molecule has 0 aliphatic carbocycles. The van der Waals surface area contributed by atoms with Crippen LogP contribution >= 0.6 is 0 Å². The van der Waals surface area contributed by atoms with Crippen LogP contribution in [0.4, 0.5) is 4.79 Å². The number of hydrogen-bond donors (Lipinski definition) is 2. The lowest BCUT2D eigenvalue weighted by Gasteiger charge is -2.21. The van der Waals surface area contributed by atoms with E-state index in [1.807, 2.05) is 6.92 Å². The third kappa shape index (κ3) is 7.57. The van der Waals surface area contributed by atoms with Crippen LogP contribution in [0.2, 0.25) is 0 Å². The number of amides is 2. The molecule has 0 aromatic carbocycles. The molecular weight excluding hydrogens is 224 g/mol. The van der Waals surface area contributed by atoms with Gasteiger partial charge in [0.1, 0.15) is 0 Å². The van der Waals surface area contributed by atoms with Gasteiger partial charge in [-0.3, -0.25) is 4.79 Å². The van der Waals surface area contributed by atoms with Crippen molar-refractivity contribution in [2.24, 2.45) is 0 Å². The summed E-state index contributed by atoms with van der Waals surface area (Å²) in [5.74, 6) is -0.904. The van der Waals surface area contributed by atoms with Crippen LogP contribution in [-0.4, -0.2) is 55.4 Å². The molecule has 1 unspecified atom stereocenters. The normalized spacial score (nSPS) is 11.9. The van der Waals surface area contributed by atoms with Crippen molar-refractivity contribution in [2.75, 3.05) is 27.3 Å². The summed E-state index contributed by atoms with van der Waals surface area (Å²) in [6, 6.07) is -0.556. The van der Waals surface area contributed by atoms with Gasteiger partial charge in [-0.25, -0.2) is 4.79 Å². The number of carboxylic acid groups (broad SMARTS) is 1. The van der Waals surface area contributed by atoms with E-state index in [4.69, 9.17) is 9.84 Å². The van der Waals surface area contributed by atoms with Crippen molar-refractivity contribution < 1.29 is 19.4 Å². The van der Waals surface area contributed by atoms with Gasteiger partial charge in [-0.15, -0.1) is 0 Å². The molecule has 0 rings (SSSR count). The Hall–Kier alpha value is -1.30. The van der Waals surface area contributed by atoms with Crippen molar-refractivity contribution in [1.82, 2.24) is 10.2 Å². The molecule has 6 heteroatoms. The lowest BCUT2D eigenvalue weighted by molar-refractivity contribution is -0.137. The maximum absolute atomic E-state index is 11.7. The number of methoxy groups -OCH3 is 1. The average molecular weight is 246 g/mol. The number of nitrogens with one attached hydrogen (secondary N) is 1. The molecule has 0 saturated heterocycles. The predicted octanol–water partition coefficient (Wildman–Crippen LogP) is 0.918. The van der Waals surface area contributed by atoms with E-state index >= 15 is 0 Å². The molecule has 17 heavy (non-hydrogen) atoms. The first-order valence-corrected chi connectivity index (χ1v) is 5.73. The maximum atomic E-state index is 11.7. The molecule has 0 aliphatic heterocycles. The highest BCUT2D eigenvalue weighted by Gasteiger charge is 2.16. The minimum absolute atomic E-state index is 0.0475. The smallest absolute Gasteiger partial charge is 0.317 e. The van der Waals surface area contributed by atoms with Gasteiger partial charge in [-0.2, -0.15) is 0 Å². The summed E-state index contributed by atoms with van der Waals surface area (Å²) in [5, 5.41) is 11.3. The summed E-state index contributed by atoms with van der Waals surface area (Å²) in [6.07, 6.45) is 1.31. The molecule has 1 atom stereocenters. The van der Waals surface area contributed by atoms with Gasteiger partial charge < -0.3 is 20.1 Å². The summed E-state index contributed by atoms with van der Waals surface area (Å²) in [5.41, 5.74) is 0. The van der Waals surface area contributed by atoms with E-state index < -0.39 is 5.97 Å². The molecule has 0 aromatic heterocycles. The second-order valence-electron chi connectivity index (χ2n) is 3.92. The number of carboxylic acids is 1. The fourth-order valence-electron chi connectivity index (χ4n) is 1.34. The maximum Gasteiger partial charge on any atom is 0.317 e. The van der Waals surface area contributed by atoms with Crippen LogP contribution in [0, 0.1) is 0 Å². The largest absolute Gasteiger partial charge is 0.481 e. The number of carbonyl (C=O) groups is 2. The Morgan fingerprint density at radius 2 is 2.12 bits per heavy atom. The summed E-state index contributed by atoms with van der Waals surface area (Å²) < 4.78 is 4.89.